The molecule has 1 heterocycles. The molecule has 0 saturated heterocycles. The molecule has 4 rings (SSSR count). The van der Waals surface area contributed by atoms with Crippen molar-refractivity contribution >= 4 is 5.97 Å². The topological polar surface area (TPSA) is 68.7 Å². The second kappa shape index (κ2) is 10.7. The molecule has 0 unspecified atom stereocenters. The van der Waals surface area contributed by atoms with Crippen molar-refractivity contribution in [3.05, 3.63) is 89.9 Å². The Morgan fingerprint density at radius 2 is 1.94 bits per heavy atom. The first kappa shape index (κ1) is 24.5. The third-order valence-electron chi connectivity index (χ3n) is 6.77. The van der Waals surface area contributed by atoms with E-state index in [4.69, 9.17) is 14.6 Å². The first-order valence-electron chi connectivity index (χ1n) is 11.8. The summed E-state index contributed by atoms with van der Waals surface area (Å²) in [5, 5.41) is 8.93. The summed E-state index contributed by atoms with van der Waals surface area (Å²) in [6.07, 6.45) is 7.84. The van der Waals surface area contributed by atoms with E-state index in [1.54, 1.807) is 6.07 Å². The summed E-state index contributed by atoms with van der Waals surface area (Å²) in [6, 6.07) is 15.1. The lowest BCUT2D eigenvalue weighted by molar-refractivity contribution is -0.136. The largest absolute Gasteiger partial charge is 0.489 e. The fourth-order valence-corrected chi connectivity index (χ4v) is 4.86. The summed E-state index contributed by atoms with van der Waals surface area (Å²) in [6.45, 7) is 4.48. The zero-order valence-corrected chi connectivity index (χ0v) is 19.9. The summed E-state index contributed by atoms with van der Waals surface area (Å²) in [5.74, 6) is -0.175. The van der Waals surface area contributed by atoms with Crippen LogP contribution in [0.1, 0.15) is 48.8 Å². The molecule has 3 aromatic rings. The van der Waals surface area contributed by atoms with Crippen LogP contribution in [0, 0.1) is 5.82 Å². The number of hydrogen-bond acceptors (Lipinski definition) is 4. The number of pyridine rings is 1. The van der Waals surface area contributed by atoms with Gasteiger partial charge < -0.3 is 14.6 Å². The maximum Gasteiger partial charge on any atom is 0.303 e. The molecule has 1 aliphatic carbocycles. The molecule has 0 radical (unpaired) electrons. The molecular formula is C29H30FNO4. The molecular weight excluding hydrogens is 445 g/mol. The van der Waals surface area contributed by atoms with E-state index in [1.807, 2.05) is 42.5 Å². The molecule has 35 heavy (non-hydrogen) atoms. The SMILES string of the molecule is C=CC1(c2cc(COc3cccc(CCC(=O)O)c3)ccc2-c2cc(OC)ncc2F)CCCC1. The normalized spacial score (nSPS) is 14.5. The minimum Gasteiger partial charge on any atom is -0.489 e. The molecule has 1 aromatic heterocycles. The van der Waals surface area contributed by atoms with Crippen molar-refractivity contribution in [2.24, 2.45) is 0 Å². The Bertz CT molecular complexity index is 1220. The lowest BCUT2D eigenvalue weighted by atomic mass is 9.75. The van der Waals surface area contributed by atoms with Crippen molar-refractivity contribution < 1.29 is 23.8 Å². The first-order valence-corrected chi connectivity index (χ1v) is 11.8. The van der Waals surface area contributed by atoms with Gasteiger partial charge in [-0.3, -0.25) is 4.79 Å². The molecule has 0 spiro atoms. The Balaban J connectivity index is 1.65. The van der Waals surface area contributed by atoms with Crippen LogP contribution in [0.15, 0.2) is 67.4 Å². The number of carbonyl (C=O) groups is 1. The van der Waals surface area contributed by atoms with Gasteiger partial charge in [0, 0.05) is 23.5 Å². The summed E-state index contributed by atoms with van der Waals surface area (Å²) < 4.78 is 26.2. The standard InChI is InChI=1S/C29H30FNO4/c1-3-29(13-4-5-14-29)25-16-21(9-11-23(25)24-17-27(34-2)31-18-26(24)30)19-35-22-8-6-7-20(15-22)10-12-28(32)33/h3,6-9,11,15-18H,1,4-5,10,12-14,19H2,2H3,(H,32,33). The fraction of sp³-hybridized carbons (Fsp3) is 0.310. The second-order valence-electron chi connectivity index (χ2n) is 8.98. The predicted molar refractivity (Wildman–Crippen MR) is 133 cm³/mol. The van der Waals surface area contributed by atoms with Gasteiger partial charge in [-0.05, 0) is 53.6 Å². The Hall–Kier alpha value is -3.67. The van der Waals surface area contributed by atoms with Crippen LogP contribution in [0.2, 0.25) is 0 Å². The zero-order chi connectivity index (χ0) is 24.8. The number of rotatable bonds is 10. The number of benzene rings is 2. The third kappa shape index (κ3) is 5.53. The number of carboxylic acid groups (broad SMARTS) is 1. The number of aliphatic carboxylic acids is 1. The van der Waals surface area contributed by atoms with Gasteiger partial charge in [0.25, 0.3) is 0 Å². The summed E-state index contributed by atoms with van der Waals surface area (Å²) in [4.78, 5) is 14.9. The van der Waals surface area contributed by atoms with Crippen molar-refractivity contribution in [1.29, 1.82) is 0 Å². The minimum absolute atomic E-state index is 0.0776. The third-order valence-corrected chi connectivity index (χ3v) is 6.77. The van der Waals surface area contributed by atoms with Crippen molar-refractivity contribution in [1.82, 2.24) is 4.98 Å². The fourth-order valence-electron chi connectivity index (χ4n) is 4.86. The highest BCUT2D eigenvalue weighted by molar-refractivity contribution is 5.71. The molecule has 182 valence electrons. The zero-order valence-electron chi connectivity index (χ0n) is 19.9. The van der Waals surface area contributed by atoms with Crippen molar-refractivity contribution in [3.63, 3.8) is 0 Å². The second-order valence-corrected chi connectivity index (χ2v) is 8.98. The molecule has 0 amide bonds. The van der Waals surface area contributed by atoms with E-state index in [0.717, 1.165) is 47.9 Å². The number of aromatic nitrogens is 1. The van der Waals surface area contributed by atoms with Crippen LogP contribution in [0.5, 0.6) is 11.6 Å². The number of allylic oxidation sites excluding steroid dienone is 1. The van der Waals surface area contributed by atoms with Gasteiger partial charge >= 0.3 is 5.97 Å². The van der Waals surface area contributed by atoms with Crippen LogP contribution >= 0.6 is 0 Å². The number of hydrogen-bond donors (Lipinski definition) is 1. The Kier molecular flexibility index (Phi) is 7.49. The molecule has 0 bridgehead atoms. The first-order chi connectivity index (χ1) is 16.9. The van der Waals surface area contributed by atoms with Gasteiger partial charge in [0.05, 0.1) is 13.3 Å². The summed E-state index contributed by atoms with van der Waals surface area (Å²) in [7, 11) is 1.52. The molecule has 5 nitrogen and oxygen atoms in total. The van der Waals surface area contributed by atoms with Gasteiger partial charge in [-0.2, -0.15) is 0 Å². The Morgan fingerprint density at radius 3 is 2.66 bits per heavy atom. The molecule has 6 heteroatoms. The van der Waals surface area contributed by atoms with E-state index in [-0.39, 0.29) is 11.8 Å². The molecule has 2 aromatic carbocycles. The highest BCUT2D eigenvalue weighted by Gasteiger charge is 2.35. The van der Waals surface area contributed by atoms with Crippen LogP contribution in [-0.2, 0) is 23.2 Å². The van der Waals surface area contributed by atoms with E-state index in [1.165, 1.54) is 13.3 Å². The number of aryl methyl sites for hydroxylation is 1. The predicted octanol–water partition coefficient (Wildman–Crippen LogP) is 6.49. The molecule has 1 aliphatic rings. The van der Waals surface area contributed by atoms with Gasteiger partial charge in [-0.15, -0.1) is 6.58 Å². The van der Waals surface area contributed by atoms with Crippen LogP contribution in [0.3, 0.4) is 0 Å². The maximum absolute atomic E-state index is 14.9. The number of ether oxygens (including phenoxy) is 2. The number of carboxylic acids is 1. The van der Waals surface area contributed by atoms with Crippen molar-refractivity contribution in [2.45, 2.75) is 50.5 Å². The van der Waals surface area contributed by atoms with Gasteiger partial charge in [0.15, 0.2) is 0 Å². The molecule has 1 saturated carbocycles. The van der Waals surface area contributed by atoms with E-state index in [9.17, 15) is 9.18 Å². The quantitative estimate of drug-likeness (QED) is 0.340. The molecule has 1 N–H and O–H groups in total. The summed E-state index contributed by atoms with van der Waals surface area (Å²) in [5.41, 5.74) is 3.95. The monoisotopic (exact) mass is 475 g/mol. The lowest BCUT2D eigenvalue weighted by Crippen LogP contribution is -2.20. The van der Waals surface area contributed by atoms with Gasteiger partial charge in [-0.25, -0.2) is 9.37 Å². The highest BCUT2D eigenvalue weighted by atomic mass is 19.1. The minimum atomic E-state index is -0.824. The van der Waals surface area contributed by atoms with E-state index >= 15 is 0 Å². The van der Waals surface area contributed by atoms with Crippen LogP contribution in [-0.4, -0.2) is 23.2 Å². The van der Waals surface area contributed by atoms with Gasteiger partial charge in [0.2, 0.25) is 5.88 Å². The van der Waals surface area contributed by atoms with E-state index in [2.05, 4.69) is 17.6 Å². The number of methoxy groups -OCH3 is 1. The average Bonchev–Trinajstić information content (AvgIpc) is 3.37. The molecule has 1 fully saturated rings. The van der Waals surface area contributed by atoms with Crippen LogP contribution < -0.4 is 9.47 Å². The molecule has 0 aliphatic heterocycles. The van der Waals surface area contributed by atoms with Crippen molar-refractivity contribution in [3.8, 4) is 22.8 Å². The van der Waals surface area contributed by atoms with Gasteiger partial charge in [0.1, 0.15) is 18.2 Å². The van der Waals surface area contributed by atoms with E-state index in [0.29, 0.717) is 30.2 Å². The van der Waals surface area contributed by atoms with Crippen LogP contribution in [0.25, 0.3) is 11.1 Å². The summed E-state index contributed by atoms with van der Waals surface area (Å²) >= 11 is 0. The van der Waals surface area contributed by atoms with Crippen molar-refractivity contribution in [2.75, 3.05) is 7.11 Å². The van der Waals surface area contributed by atoms with Gasteiger partial charge in [-0.1, -0.05) is 49.2 Å². The maximum atomic E-state index is 14.9. The number of halogens is 1. The van der Waals surface area contributed by atoms with Crippen LogP contribution in [0.4, 0.5) is 4.39 Å². The Labute approximate surface area is 205 Å². The average molecular weight is 476 g/mol. The molecule has 0 atom stereocenters. The highest BCUT2D eigenvalue weighted by Crippen LogP contribution is 2.46. The Morgan fingerprint density at radius 1 is 1.14 bits per heavy atom. The smallest absolute Gasteiger partial charge is 0.303 e. The van der Waals surface area contributed by atoms with E-state index < -0.39 is 11.8 Å². The lowest BCUT2D eigenvalue weighted by Gasteiger charge is -2.29. The number of nitrogens with zero attached hydrogens (tertiary/aromatic N) is 1.